The molecule has 0 atom stereocenters. The molecule has 0 bridgehead atoms. The predicted molar refractivity (Wildman–Crippen MR) is 106 cm³/mol. The Morgan fingerprint density at radius 3 is 2.33 bits per heavy atom. The first-order chi connectivity index (χ1) is 13.2. The molecule has 1 aromatic heterocycles. The van der Waals surface area contributed by atoms with Crippen molar-refractivity contribution in [2.75, 3.05) is 24.1 Å². The lowest BCUT2D eigenvalue weighted by Crippen LogP contribution is -2.30. The number of benzene rings is 2. The smallest absolute Gasteiger partial charge is 0.261 e. The monoisotopic (exact) mass is 360 g/mol. The number of carbonyl (C=O) groups excluding carboxylic acids is 2. The molecule has 0 unspecified atom stereocenters. The molecule has 136 valence electrons. The maximum atomic E-state index is 12.3. The maximum Gasteiger partial charge on any atom is 0.261 e. The highest BCUT2D eigenvalue weighted by atomic mass is 16.2. The van der Waals surface area contributed by atoms with Gasteiger partial charge in [-0.1, -0.05) is 30.3 Å². The zero-order chi connectivity index (χ0) is 18.8. The maximum absolute atomic E-state index is 12.3. The Morgan fingerprint density at radius 2 is 1.59 bits per heavy atom. The quantitative estimate of drug-likeness (QED) is 0.520. The molecule has 6 heteroatoms. The third-order valence-corrected chi connectivity index (χ3v) is 4.79. The van der Waals surface area contributed by atoms with Crippen molar-refractivity contribution >= 4 is 34.1 Å². The number of carbonyl (C=O) groups is 2. The number of nitrogens with two attached hydrogens (primary N) is 1. The number of anilines is 2. The van der Waals surface area contributed by atoms with Crippen molar-refractivity contribution in [3.63, 3.8) is 0 Å². The number of rotatable bonds is 6. The predicted octanol–water partition coefficient (Wildman–Crippen LogP) is 3.31. The van der Waals surface area contributed by atoms with Gasteiger partial charge in [-0.3, -0.25) is 19.5 Å². The Morgan fingerprint density at radius 1 is 0.926 bits per heavy atom. The lowest BCUT2D eigenvalue weighted by atomic mass is 10.1. The number of amides is 2. The van der Waals surface area contributed by atoms with Gasteiger partial charge in [-0.05, 0) is 31.0 Å². The molecule has 0 radical (unpaired) electrons. The van der Waals surface area contributed by atoms with Gasteiger partial charge in [0, 0.05) is 18.5 Å². The summed E-state index contributed by atoms with van der Waals surface area (Å²) >= 11 is 0. The van der Waals surface area contributed by atoms with Crippen LogP contribution in [0.25, 0.3) is 10.9 Å². The molecule has 0 saturated carbocycles. The molecule has 27 heavy (non-hydrogen) atoms. The summed E-state index contributed by atoms with van der Waals surface area (Å²) in [6.07, 6.45) is 3.19. The molecule has 0 spiro atoms. The first kappa shape index (κ1) is 17.0. The number of para-hydroxylation sites is 1. The summed E-state index contributed by atoms with van der Waals surface area (Å²) in [5.74, 6) is -0.402. The van der Waals surface area contributed by atoms with Crippen LogP contribution >= 0.6 is 0 Å². The molecule has 0 saturated heterocycles. The van der Waals surface area contributed by atoms with Crippen LogP contribution in [0.2, 0.25) is 0 Å². The molecule has 6 nitrogen and oxygen atoms in total. The van der Waals surface area contributed by atoms with Gasteiger partial charge in [0.1, 0.15) is 0 Å². The van der Waals surface area contributed by atoms with E-state index in [0.717, 1.165) is 29.4 Å². The Balaban J connectivity index is 1.34. The highest BCUT2D eigenvalue weighted by Crippen LogP contribution is 2.27. The number of hydrogen-bond acceptors (Lipinski definition) is 5. The fourth-order valence-corrected chi connectivity index (χ4v) is 3.40. The number of pyridine rings is 1. The second kappa shape index (κ2) is 7.07. The van der Waals surface area contributed by atoms with Gasteiger partial charge in [0.2, 0.25) is 0 Å². The summed E-state index contributed by atoms with van der Waals surface area (Å²) in [6.45, 7) is 1.11. The van der Waals surface area contributed by atoms with Crippen molar-refractivity contribution in [2.45, 2.75) is 12.8 Å². The van der Waals surface area contributed by atoms with Crippen molar-refractivity contribution in [2.24, 2.45) is 0 Å². The fraction of sp³-hybridized carbons (Fsp3) is 0.190. The molecule has 2 heterocycles. The molecule has 0 aliphatic carbocycles. The molecule has 4 rings (SSSR count). The van der Waals surface area contributed by atoms with Gasteiger partial charge in [-0.25, -0.2) is 0 Å². The van der Waals surface area contributed by atoms with Gasteiger partial charge in [0.15, 0.2) is 0 Å². The van der Waals surface area contributed by atoms with E-state index in [9.17, 15) is 9.59 Å². The molecule has 0 fully saturated rings. The molecular weight excluding hydrogens is 340 g/mol. The van der Waals surface area contributed by atoms with Crippen LogP contribution in [0.15, 0.2) is 54.7 Å². The van der Waals surface area contributed by atoms with Crippen molar-refractivity contribution in [1.82, 2.24) is 9.88 Å². The molecule has 2 aromatic carbocycles. The lowest BCUT2D eigenvalue weighted by Gasteiger charge is -2.15. The largest absolute Gasteiger partial charge is 0.396 e. The van der Waals surface area contributed by atoms with E-state index >= 15 is 0 Å². The van der Waals surface area contributed by atoms with Crippen LogP contribution in [0, 0.1) is 0 Å². The van der Waals surface area contributed by atoms with E-state index in [4.69, 9.17) is 5.73 Å². The highest BCUT2D eigenvalue weighted by Gasteiger charge is 2.34. The third-order valence-electron chi connectivity index (χ3n) is 4.79. The average Bonchev–Trinajstić information content (AvgIpc) is 2.94. The van der Waals surface area contributed by atoms with E-state index in [1.165, 1.54) is 4.90 Å². The van der Waals surface area contributed by atoms with Gasteiger partial charge in [-0.15, -0.1) is 0 Å². The highest BCUT2D eigenvalue weighted by molar-refractivity contribution is 6.21. The van der Waals surface area contributed by atoms with Crippen LogP contribution in [0.1, 0.15) is 33.6 Å². The molecule has 1 aliphatic rings. The van der Waals surface area contributed by atoms with Gasteiger partial charge >= 0.3 is 0 Å². The SMILES string of the molecule is Nc1cnc2ccccc2c1NCCCCN1C(=O)c2ccccc2C1=O. The average molecular weight is 360 g/mol. The zero-order valence-electron chi connectivity index (χ0n) is 14.8. The summed E-state index contributed by atoms with van der Waals surface area (Å²) < 4.78 is 0. The van der Waals surface area contributed by atoms with Crippen molar-refractivity contribution in [3.05, 3.63) is 65.9 Å². The third kappa shape index (κ3) is 3.10. The van der Waals surface area contributed by atoms with E-state index in [2.05, 4.69) is 10.3 Å². The standard InChI is InChI=1S/C21H20N4O2/c22-17-13-24-18-10-4-3-9-16(18)19(17)23-11-5-6-12-25-20(26)14-7-1-2-8-15(14)21(25)27/h1-4,7-10,13H,5-6,11-12,22H2,(H,23,24). The lowest BCUT2D eigenvalue weighted by molar-refractivity contribution is 0.0652. The van der Waals surface area contributed by atoms with Crippen LogP contribution in [0.4, 0.5) is 11.4 Å². The number of unbranched alkanes of at least 4 members (excludes halogenated alkanes) is 1. The summed E-state index contributed by atoms with van der Waals surface area (Å²) in [5.41, 5.74) is 9.43. The molecule has 2 amide bonds. The number of nitrogen functional groups attached to an aromatic ring is 1. The zero-order valence-corrected chi connectivity index (χ0v) is 14.8. The molecule has 3 N–H and O–H groups in total. The minimum Gasteiger partial charge on any atom is -0.396 e. The topological polar surface area (TPSA) is 88.3 Å². The van der Waals surface area contributed by atoms with Crippen LogP contribution in [0.5, 0.6) is 0 Å². The number of nitrogens with one attached hydrogen (secondary N) is 1. The summed E-state index contributed by atoms with van der Waals surface area (Å²) in [6, 6.07) is 14.8. The van der Waals surface area contributed by atoms with Crippen molar-refractivity contribution < 1.29 is 9.59 Å². The van der Waals surface area contributed by atoms with E-state index < -0.39 is 0 Å². The number of fused-ring (bicyclic) bond motifs is 2. The van der Waals surface area contributed by atoms with Crippen LogP contribution in [-0.2, 0) is 0 Å². The van der Waals surface area contributed by atoms with Crippen LogP contribution in [0.3, 0.4) is 0 Å². The number of hydrogen-bond donors (Lipinski definition) is 2. The minimum atomic E-state index is -0.201. The second-order valence-corrected chi connectivity index (χ2v) is 6.55. The molecular formula is C21H20N4O2. The van der Waals surface area contributed by atoms with Gasteiger partial charge in [0.25, 0.3) is 11.8 Å². The summed E-state index contributed by atoms with van der Waals surface area (Å²) in [5, 5.41) is 4.35. The number of imide groups is 1. The van der Waals surface area contributed by atoms with Gasteiger partial charge in [0.05, 0.1) is 34.2 Å². The van der Waals surface area contributed by atoms with E-state index in [1.807, 2.05) is 24.3 Å². The van der Waals surface area contributed by atoms with E-state index in [0.29, 0.717) is 29.9 Å². The summed E-state index contributed by atoms with van der Waals surface area (Å²) in [7, 11) is 0. The first-order valence-electron chi connectivity index (χ1n) is 8.99. The second-order valence-electron chi connectivity index (χ2n) is 6.55. The van der Waals surface area contributed by atoms with E-state index in [-0.39, 0.29) is 11.8 Å². The van der Waals surface area contributed by atoms with E-state index in [1.54, 1.807) is 30.5 Å². The normalized spacial score (nSPS) is 13.3. The fourth-order valence-electron chi connectivity index (χ4n) is 3.40. The van der Waals surface area contributed by atoms with Gasteiger partial charge in [-0.2, -0.15) is 0 Å². The molecule has 3 aromatic rings. The summed E-state index contributed by atoms with van der Waals surface area (Å²) in [4.78, 5) is 30.4. The van der Waals surface area contributed by atoms with Crippen LogP contribution < -0.4 is 11.1 Å². The van der Waals surface area contributed by atoms with Crippen LogP contribution in [-0.4, -0.2) is 34.8 Å². The van der Waals surface area contributed by atoms with Crippen molar-refractivity contribution in [1.29, 1.82) is 0 Å². The molecule has 1 aliphatic heterocycles. The number of nitrogens with zero attached hydrogens (tertiary/aromatic N) is 2. The Labute approximate surface area is 157 Å². The minimum absolute atomic E-state index is 0.201. The number of aromatic nitrogens is 1. The Bertz CT molecular complexity index is 997. The Hall–Kier alpha value is -3.41. The first-order valence-corrected chi connectivity index (χ1v) is 8.99. The Kier molecular flexibility index (Phi) is 4.46. The van der Waals surface area contributed by atoms with Gasteiger partial charge < -0.3 is 11.1 Å². The van der Waals surface area contributed by atoms with Crippen molar-refractivity contribution in [3.8, 4) is 0 Å².